The Morgan fingerprint density at radius 3 is 3.00 bits per heavy atom. The van der Waals surface area contributed by atoms with Crippen LogP contribution >= 0.6 is 11.9 Å². The zero-order valence-corrected chi connectivity index (χ0v) is 14.0. The van der Waals surface area contributed by atoms with Gasteiger partial charge in [0, 0.05) is 17.6 Å². The minimum absolute atomic E-state index is 0.714. The molecule has 1 N–H and O–H groups in total. The molecule has 1 aliphatic heterocycles. The van der Waals surface area contributed by atoms with Gasteiger partial charge in [-0.25, -0.2) is 0 Å². The molecule has 0 atom stereocenters. The Balaban J connectivity index is 1.55. The lowest BCUT2D eigenvalue weighted by Gasteiger charge is -2.25. The molecule has 1 aromatic carbocycles. The fourth-order valence-corrected chi connectivity index (χ4v) is 3.93. The Kier molecular flexibility index (Phi) is 3.99. The molecule has 1 fully saturated rings. The molecule has 1 aliphatic carbocycles. The number of benzene rings is 1. The summed E-state index contributed by atoms with van der Waals surface area (Å²) in [5.74, 6) is 1.85. The van der Waals surface area contributed by atoms with E-state index in [9.17, 15) is 0 Å². The highest BCUT2D eigenvalue weighted by atomic mass is 32.2. The van der Waals surface area contributed by atoms with Gasteiger partial charge in [-0.05, 0) is 48.0 Å². The van der Waals surface area contributed by atoms with Gasteiger partial charge in [-0.3, -0.25) is 9.67 Å². The molecule has 0 spiro atoms. The molecule has 2 aliphatic rings. The topological polar surface area (TPSA) is 51.4 Å². The minimum atomic E-state index is 0.714. The number of methoxy groups -OCH3 is 1. The Morgan fingerprint density at radius 1 is 1.39 bits per heavy atom. The maximum Gasteiger partial charge on any atom is 0.142 e. The fourth-order valence-electron chi connectivity index (χ4n) is 2.92. The maximum absolute atomic E-state index is 5.63. The van der Waals surface area contributed by atoms with Gasteiger partial charge in [0.05, 0.1) is 25.8 Å². The molecular formula is C17H20N4OS. The van der Waals surface area contributed by atoms with Crippen LogP contribution in [0.2, 0.25) is 0 Å². The number of nitrogens with one attached hydrogen (secondary N) is 1. The zero-order chi connectivity index (χ0) is 15.6. The predicted octanol–water partition coefficient (Wildman–Crippen LogP) is 2.99. The minimum Gasteiger partial charge on any atom is -0.496 e. The summed E-state index contributed by atoms with van der Waals surface area (Å²) in [5.41, 5.74) is 3.53. The van der Waals surface area contributed by atoms with E-state index in [1.807, 2.05) is 16.9 Å². The van der Waals surface area contributed by atoms with E-state index in [4.69, 9.17) is 4.74 Å². The summed E-state index contributed by atoms with van der Waals surface area (Å²) in [6.45, 7) is 1.46. The number of rotatable bonds is 5. The van der Waals surface area contributed by atoms with Crippen LogP contribution in [0.3, 0.4) is 0 Å². The van der Waals surface area contributed by atoms with Gasteiger partial charge in [-0.2, -0.15) is 5.10 Å². The molecule has 1 saturated carbocycles. The smallest absolute Gasteiger partial charge is 0.142 e. The van der Waals surface area contributed by atoms with Crippen molar-refractivity contribution >= 4 is 17.8 Å². The molecule has 120 valence electrons. The molecule has 2 heterocycles. The summed E-state index contributed by atoms with van der Waals surface area (Å²) in [6.07, 6.45) is 7.73. The number of ether oxygens (including phenoxy) is 1. The quantitative estimate of drug-likeness (QED) is 0.857. The molecule has 0 amide bonds. The van der Waals surface area contributed by atoms with Gasteiger partial charge in [-0.1, -0.05) is 12.5 Å². The second kappa shape index (κ2) is 6.28. The maximum atomic E-state index is 5.63. The highest BCUT2D eigenvalue weighted by Crippen LogP contribution is 2.33. The third-order valence-electron chi connectivity index (χ3n) is 4.39. The van der Waals surface area contributed by atoms with E-state index >= 15 is 0 Å². The second-order valence-corrected chi connectivity index (χ2v) is 7.08. The Bertz CT molecular complexity index is 722. The van der Waals surface area contributed by atoms with Gasteiger partial charge in [0.25, 0.3) is 0 Å². The number of aliphatic imine (C=N–C) groups is 1. The van der Waals surface area contributed by atoms with Gasteiger partial charge >= 0.3 is 0 Å². The average molecular weight is 328 g/mol. The van der Waals surface area contributed by atoms with E-state index < -0.39 is 0 Å². The normalized spacial score (nSPS) is 16.7. The average Bonchev–Trinajstić information content (AvgIpc) is 3.15. The van der Waals surface area contributed by atoms with E-state index in [1.54, 1.807) is 25.3 Å². The number of hydrogen-bond acceptors (Lipinski definition) is 5. The third-order valence-corrected chi connectivity index (χ3v) is 5.50. The van der Waals surface area contributed by atoms with Crippen LogP contribution in [0.5, 0.6) is 5.75 Å². The van der Waals surface area contributed by atoms with E-state index in [0.29, 0.717) is 6.54 Å². The first kappa shape index (κ1) is 14.6. The van der Waals surface area contributed by atoms with Crippen LogP contribution in [0.15, 0.2) is 35.6 Å². The lowest BCUT2D eigenvalue weighted by atomic mass is 10.0. The molecule has 0 saturated heterocycles. The second-order valence-electron chi connectivity index (χ2n) is 5.97. The van der Waals surface area contributed by atoms with Crippen molar-refractivity contribution in [2.45, 2.75) is 37.6 Å². The molecule has 1 aromatic heterocycles. The van der Waals surface area contributed by atoms with Gasteiger partial charge in [0.1, 0.15) is 11.6 Å². The molecule has 23 heavy (non-hydrogen) atoms. The van der Waals surface area contributed by atoms with Gasteiger partial charge in [0.15, 0.2) is 0 Å². The summed E-state index contributed by atoms with van der Waals surface area (Å²) in [4.78, 5) is 4.66. The third kappa shape index (κ3) is 2.95. The summed E-state index contributed by atoms with van der Waals surface area (Å²) < 4.78 is 11.0. The molecule has 4 rings (SSSR count). The monoisotopic (exact) mass is 328 g/mol. The molecule has 0 bridgehead atoms. The summed E-state index contributed by atoms with van der Waals surface area (Å²) in [6, 6.07) is 6.25. The summed E-state index contributed by atoms with van der Waals surface area (Å²) in [5, 5.41) is 5.00. The standard InChI is InChI=1S/C17H20N4OS/c1-22-15-9-12(11-21-7-3-6-19-21)8-13-10-18-17(16(13)15)20-23-14-4-2-5-14/h3,6-9,14H,2,4-5,10-11H2,1H3,(H,18,20). The summed E-state index contributed by atoms with van der Waals surface area (Å²) >= 11 is 1.80. The van der Waals surface area contributed by atoms with Crippen LogP contribution in [0, 0.1) is 0 Å². The molecule has 2 aromatic rings. The lowest BCUT2D eigenvalue weighted by Crippen LogP contribution is -2.24. The number of nitrogens with zero attached hydrogens (tertiary/aromatic N) is 3. The molecule has 6 heteroatoms. The van der Waals surface area contributed by atoms with Gasteiger partial charge in [0.2, 0.25) is 0 Å². The lowest BCUT2D eigenvalue weighted by molar-refractivity contribution is 0.413. The Morgan fingerprint density at radius 2 is 2.30 bits per heavy atom. The number of fused-ring (bicyclic) bond motifs is 1. The Labute approximate surface area is 140 Å². The van der Waals surface area contributed by atoms with E-state index in [0.717, 1.165) is 28.9 Å². The van der Waals surface area contributed by atoms with Crippen molar-refractivity contribution < 1.29 is 4.74 Å². The van der Waals surface area contributed by atoms with Crippen LogP contribution in [0.25, 0.3) is 0 Å². The van der Waals surface area contributed by atoms with Crippen molar-refractivity contribution in [3.63, 3.8) is 0 Å². The van der Waals surface area contributed by atoms with Crippen LogP contribution in [-0.2, 0) is 13.1 Å². The number of amidine groups is 1. The van der Waals surface area contributed by atoms with Crippen LogP contribution in [0.1, 0.15) is 36.0 Å². The largest absolute Gasteiger partial charge is 0.496 e. The van der Waals surface area contributed by atoms with Crippen molar-refractivity contribution in [3.8, 4) is 5.75 Å². The zero-order valence-electron chi connectivity index (χ0n) is 13.2. The Hall–Kier alpha value is -1.95. The molecule has 0 unspecified atom stereocenters. The first-order chi connectivity index (χ1) is 11.3. The van der Waals surface area contributed by atoms with Crippen LogP contribution < -0.4 is 9.46 Å². The van der Waals surface area contributed by atoms with Crippen molar-refractivity contribution in [3.05, 3.63) is 47.3 Å². The van der Waals surface area contributed by atoms with Crippen LogP contribution in [0.4, 0.5) is 0 Å². The van der Waals surface area contributed by atoms with Crippen molar-refractivity contribution in [1.29, 1.82) is 0 Å². The molecule has 0 radical (unpaired) electrons. The first-order valence-corrected chi connectivity index (χ1v) is 8.85. The summed E-state index contributed by atoms with van der Waals surface area (Å²) in [7, 11) is 1.72. The highest BCUT2D eigenvalue weighted by molar-refractivity contribution is 7.98. The van der Waals surface area contributed by atoms with E-state index in [1.165, 1.54) is 30.4 Å². The van der Waals surface area contributed by atoms with Crippen molar-refractivity contribution in [1.82, 2.24) is 14.5 Å². The molecule has 5 nitrogen and oxygen atoms in total. The van der Waals surface area contributed by atoms with Gasteiger partial charge < -0.3 is 9.46 Å². The fraction of sp³-hybridized carbons (Fsp3) is 0.412. The van der Waals surface area contributed by atoms with Crippen LogP contribution in [-0.4, -0.2) is 28.0 Å². The SMILES string of the molecule is COc1cc(Cn2cccn2)cc2c1C(NSC1CCC1)=NC2. The number of aromatic nitrogens is 2. The van der Waals surface area contributed by atoms with E-state index in [-0.39, 0.29) is 0 Å². The van der Waals surface area contributed by atoms with Gasteiger partial charge in [-0.15, -0.1) is 0 Å². The number of hydrogen-bond donors (Lipinski definition) is 1. The van der Waals surface area contributed by atoms with E-state index in [2.05, 4.69) is 26.9 Å². The molecular weight excluding hydrogens is 308 g/mol. The predicted molar refractivity (Wildman–Crippen MR) is 92.9 cm³/mol. The van der Waals surface area contributed by atoms with Crippen molar-refractivity contribution in [2.24, 2.45) is 4.99 Å². The first-order valence-electron chi connectivity index (χ1n) is 7.97. The highest BCUT2D eigenvalue weighted by Gasteiger charge is 2.24. The van der Waals surface area contributed by atoms with Crippen molar-refractivity contribution in [2.75, 3.05) is 7.11 Å².